The molecule has 1 aliphatic heterocycles. The quantitative estimate of drug-likeness (QED) is 0.364. The summed E-state index contributed by atoms with van der Waals surface area (Å²) >= 11 is 0. The van der Waals surface area contributed by atoms with Crippen LogP contribution in [0.15, 0.2) is 84.7 Å². The molecule has 5 nitrogen and oxygen atoms in total. The van der Waals surface area contributed by atoms with Crippen LogP contribution in [0.1, 0.15) is 28.3 Å². The van der Waals surface area contributed by atoms with Gasteiger partial charge in [0.25, 0.3) is 11.7 Å². The molecule has 0 radical (unpaired) electrons. The molecule has 32 heavy (non-hydrogen) atoms. The Bertz CT molecular complexity index is 1190. The van der Waals surface area contributed by atoms with Gasteiger partial charge in [0, 0.05) is 24.5 Å². The molecule has 1 amide bonds. The van der Waals surface area contributed by atoms with Crippen LogP contribution < -0.4 is 0 Å². The van der Waals surface area contributed by atoms with Crippen molar-refractivity contribution in [2.75, 3.05) is 0 Å². The SMILES string of the molecule is O=C1C(=O)N(Cc2cccc(C(F)(F)F)c2)C(c2ccccc2)/C1=C(\O)c1ccncc1. The zero-order valence-corrected chi connectivity index (χ0v) is 16.6. The maximum atomic E-state index is 13.1. The number of aliphatic hydroxyl groups is 1. The lowest BCUT2D eigenvalue weighted by Gasteiger charge is -2.25. The summed E-state index contributed by atoms with van der Waals surface area (Å²) in [6, 6.07) is 15.2. The Hall–Kier alpha value is -3.94. The van der Waals surface area contributed by atoms with Gasteiger partial charge in [-0.05, 0) is 35.4 Å². The molecule has 162 valence electrons. The number of rotatable bonds is 4. The molecule has 1 unspecified atom stereocenters. The summed E-state index contributed by atoms with van der Waals surface area (Å²) in [5.74, 6) is -2.17. The summed E-state index contributed by atoms with van der Waals surface area (Å²) in [6.45, 7) is -0.235. The summed E-state index contributed by atoms with van der Waals surface area (Å²) in [5, 5.41) is 10.9. The first kappa shape index (κ1) is 21.3. The first-order valence-corrected chi connectivity index (χ1v) is 9.67. The fourth-order valence-electron chi connectivity index (χ4n) is 3.73. The summed E-state index contributed by atoms with van der Waals surface area (Å²) in [7, 11) is 0. The summed E-state index contributed by atoms with van der Waals surface area (Å²) in [6.07, 6.45) is -1.67. The van der Waals surface area contributed by atoms with E-state index in [1.807, 2.05) is 0 Å². The third-order valence-electron chi connectivity index (χ3n) is 5.22. The number of amides is 1. The lowest BCUT2D eigenvalue weighted by Crippen LogP contribution is -2.29. The smallest absolute Gasteiger partial charge is 0.416 e. The Morgan fingerprint density at radius 3 is 2.31 bits per heavy atom. The van der Waals surface area contributed by atoms with Crippen LogP contribution in [-0.4, -0.2) is 26.7 Å². The molecule has 8 heteroatoms. The first-order chi connectivity index (χ1) is 15.3. The van der Waals surface area contributed by atoms with Gasteiger partial charge in [0.1, 0.15) is 5.76 Å². The predicted molar refractivity (Wildman–Crippen MR) is 110 cm³/mol. The van der Waals surface area contributed by atoms with Crippen LogP contribution in [0.5, 0.6) is 0 Å². The Labute approximate surface area is 181 Å². The highest BCUT2D eigenvalue weighted by Gasteiger charge is 2.46. The molecule has 0 aliphatic carbocycles. The molecular formula is C24H17F3N2O3. The topological polar surface area (TPSA) is 70.5 Å². The molecule has 1 atom stereocenters. The maximum absolute atomic E-state index is 13.1. The number of carbonyl (C=O) groups is 2. The zero-order chi connectivity index (χ0) is 22.9. The molecule has 0 bridgehead atoms. The van der Waals surface area contributed by atoms with Crippen molar-refractivity contribution in [3.05, 3.63) is 107 Å². The molecular weight excluding hydrogens is 421 g/mol. The number of pyridine rings is 1. The second-order valence-electron chi connectivity index (χ2n) is 7.27. The van der Waals surface area contributed by atoms with Gasteiger partial charge in [-0.25, -0.2) is 0 Å². The standard InChI is InChI=1S/C24H17F3N2O3/c25-24(26,27)18-8-4-5-15(13-18)14-29-20(16-6-2-1-3-7-16)19(22(31)23(29)32)21(30)17-9-11-28-12-10-17/h1-13,20,30H,14H2/b21-19+. The van der Waals surface area contributed by atoms with E-state index in [0.29, 0.717) is 11.1 Å². The van der Waals surface area contributed by atoms with E-state index >= 15 is 0 Å². The fourth-order valence-corrected chi connectivity index (χ4v) is 3.73. The first-order valence-electron chi connectivity index (χ1n) is 9.67. The maximum Gasteiger partial charge on any atom is 0.416 e. The molecule has 1 aromatic heterocycles. The number of Topliss-reactive ketones (excluding diaryl/α,β-unsaturated/α-hetero) is 1. The van der Waals surface area contributed by atoms with Crippen LogP contribution in [0.4, 0.5) is 13.2 Å². The number of benzene rings is 2. The van der Waals surface area contributed by atoms with Gasteiger partial charge in [-0.1, -0.05) is 42.5 Å². The number of nitrogens with zero attached hydrogens (tertiary/aromatic N) is 2. The minimum absolute atomic E-state index is 0.126. The van der Waals surface area contributed by atoms with Gasteiger partial charge in [-0.2, -0.15) is 13.2 Å². The van der Waals surface area contributed by atoms with Crippen molar-refractivity contribution < 1.29 is 27.9 Å². The van der Waals surface area contributed by atoms with Gasteiger partial charge in [0.15, 0.2) is 0 Å². The molecule has 2 aromatic carbocycles. The number of hydrogen-bond acceptors (Lipinski definition) is 4. The van der Waals surface area contributed by atoms with Gasteiger partial charge in [-0.3, -0.25) is 14.6 Å². The normalized spacial score (nSPS) is 18.2. The highest BCUT2D eigenvalue weighted by atomic mass is 19.4. The molecule has 1 saturated heterocycles. The third-order valence-corrected chi connectivity index (χ3v) is 5.22. The number of aromatic nitrogens is 1. The van der Waals surface area contributed by atoms with Crippen molar-refractivity contribution in [1.29, 1.82) is 0 Å². The van der Waals surface area contributed by atoms with Gasteiger partial charge in [0.2, 0.25) is 0 Å². The number of likely N-dealkylation sites (tertiary alicyclic amines) is 1. The highest BCUT2D eigenvalue weighted by molar-refractivity contribution is 6.46. The summed E-state index contributed by atoms with van der Waals surface area (Å²) < 4.78 is 39.4. The van der Waals surface area contributed by atoms with Crippen molar-refractivity contribution in [3.63, 3.8) is 0 Å². The Morgan fingerprint density at radius 2 is 1.66 bits per heavy atom. The van der Waals surface area contributed by atoms with Gasteiger partial charge in [-0.15, -0.1) is 0 Å². The van der Waals surface area contributed by atoms with Crippen LogP contribution in [0, 0.1) is 0 Å². The van der Waals surface area contributed by atoms with Gasteiger partial charge in [0.05, 0.1) is 17.2 Å². The number of carbonyl (C=O) groups excluding carboxylic acids is 2. The lowest BCUT2D eigenvalue weighted by molar-refractivity contribution is -0.140. The lowest BCUT2D eigenvalue weighted by atomic mass is 9.95. The molecule has 2 heterocycles. The molecule has 3 aromatic rings. The Balaban J connectivity index is 1.82. The molecule has 1 fully saturated rings. The Kier molecular flexibility index (Phi) is 5.52. The van der Waals surface area contributed by atoms with E-state index in [9.17, 15) is 27.9 Å². The monoisotopic (exact) mass is 438 g/mol. The average molecular weight is 438 g/mol. The number of alkyl halides is 3. The third kappa shape index (κ3) is 3.99. The molecule has 0 spiro atoms. The predicted octanol–water partition coefficient (Wildman–Crippen LogP) is 4.72. The van der Waals surface area contributed by atoms with E-state index in [0.717, 1.165) is 12.1 Å². The number of aliphatic hydroxyl groups excluding tert-OH is 1. The van der Waals surface area contributed by atoms with E-state index in [1.54, 1.807) is 30.3 Å². The summed E-state index contributed by atoms with van der Waals surface area (Å²) in [4.78, 5) is 30.9. The second kappa shape index (κ2) is 8.30. The van der Waals surface area contributed by atoms with E-state index in [4.69, 9.17) is 0 Å². The minimum Gasteiger partial charge on any atom is -0.507 e. The van der Waals surface area contributed by atoms with Crippen molar-refractivity contribution in [3.8, 4) is 0 Å². The molecule has 0 saturated carbocycles. The van der Waals surface area contributed by atoms with Crippen LogP contribution in [0.2, 0.25) is 0 Å². The van der Waals surface area contributed by atoms with E-state index in [1.165, 1.54) is 41.6 Å². The van der Waals surface area contributed by atoms with E-state index < -0.39 is 29.5 Å². The average Bonchev–Trinajstić information content (AvgIpc) is 3.04. The highest BCUT2D eigenvalue weighted by Crippen LogP contribution is 2.40. The zero-order valence-electron chi connectivity index (χ0n) is 16.6. The number of ketones is 1. The van der Waals surface area contributed by atoms with Crippen LogP contribution >= 0.6 is 0 Å². The van der Waals surface area contributed by atoms with Crippen molar-refractivity contribution >= 4 is 17.4 Å². The minimum atomic E-state index is -4.54. The van der Waals surface area contributed by atoms with E-state index in [-0.39, 0.29) is 23.4 Å². The summed E-state index contributed by atoms with van der Waals surface area (Å²) in [5.41, 5.74) is 0.0952. The molecule has 4 rings (SSSR count). The fraction of sp³-hybridized carbons (Fsp3) is 0.125. The number of hydrogen-bond donors (Lipinski definition) is 1. The molecule has 1 aliphatic rings. The second-order valence-corrected chi connectivity index (χ2v) is 7.27. The largest absolute Gasteiger partial charge is 0.507 e. The van der Waals surface area contributed by atoms with Crippen molar-refractivity contribution in [2.24, 2.45) is 0 Å². The number of halogens is 3. The van der Waals surface area contributed by atoms with Crippen molar-refractivity contribution in [2.45, 2.75) is 18.8 Å². The van der Waals surface area contributed by atoms with Crippen LogP contribution in [-0.2, 0) is 22.3 Å². The Morgan fingerprint density at radius 1 is 0.969 bits per heavy atom. The van der Waals surface area contributed by atoms with Crippen molar-refractivity contribution in [1.82, 2.24) is 9.88 Å². The van der Waals surface area contributed by atoms with Crippen LogP contribution in [0.25, 0.3) is 5.76 Å². The van der Waals surface area contributed by atoms with Gasteiger partial charge < -0.3 is 10.0 Å². The van der Waals surface area contributed by atoms with E-state index in [2.05, 4.69) is 4.98 Å². The van der Waals surface area contributed by atoms with Gasteiger partial charge >= 0.3 is 6.18 Å². The van der Waals surface area contributed by atoms with Crippen LogP contribution in [0.3, 0.4) is 0 Å². The molecule has 1 N–H and O–H groups in total.